The Hall–Kier alpha value is -1.26. The Kier molecular flexibility index (Phi) is 3.31. The molecule has 5 heteroatoms. The number of nitrogens with zero attached hydrogens (tertiary/aromatic N) is 1. The molecule has 84 valence electrons. The molecular formula is C11H12ClN3S. The van der Waals surface area contributed by atoms with E-state index >= 15 is 0 Å². The Morgan fingerprint density at radius 2 is 2.31 bits per heavy atom. The molecule has 0 aliphatic carbocycles. The van der Waals surface area contributed by atoms with Crippen LogP contribution >= 0.6 is 22.9 Å². The van der Waals surface area contributed by atoms with Gasteiger partial charge in [-0.3, -0.25) is 0 Å². The largest absolute Gasteiger partial charge is 0.397 e. The molecule has 0 aliphatic heterocycles. The quantitative estimate of drug-likeness (QED) is 0.823. The zero-order valence-corrected chi connectivity index (χ0v) is 10.3. The lowest BCUT2D eigenvalue weighted by molar-refractivity contribution is 0.870. The first-order valence-corrected chi connectivity index (χ1v) is 6.13. The highest BCUT2D eigenvalue weighted by Gasteiger charge is 2.09. The van der Waals surface area contributed by atoms with E-state index in [1.54, 1.807) is 29.7 Å². The van der Waals surface area contributed by atoms with Gasteiger partial charge in [0, 0.05) is 16.6 Å². The Morgan fingerprint density at radius 3 is 3.00 bits per heavy atom. The van der Waals surface area contributed by atoms with E-state index in [0.29, 0.717) is 10.7 Å². The number of hydrogen-bond acceptors (Lipinski definition) is 4. The summed E-state index contributed by atoms with van der Waals surface area (Å²) in [5.74, 6) is 0. The highest BCUT2D eigenvalue weighted by Crippen LogP contribution is 2.27. The fraction of sp³-hybridized carbons (Fsp3) is 0.182. The first kappa shape index (κ1) is 11.2. The molecule has 0 saturated carbocycles. The molecule has 3 N–H and O–H groups in total. The van der Waals surface area contributed by atoms with Gasteiger partial charge < -0.3 is 11.1 Å². The number of aromatic nitrogens is 1. The molecule has 2 aromatic rings. The summed E-state index contributed by atoms with van der Waals surface area (Å²) < 4.78 is 0. The molecular weight excluding hydrogens is 242 g/mol. The Bertz CT molecular complexity index is 470. The van der Waals surface area contributed by atoms with Crippen molar-refractivity contribution in [2.24, 2.45) is 0 Å². The standard InChI is InChI=1S/C11H12ClN3S/c1-7(11-14-4-5-16-11)15-10-6-8(12)2-3-9(10)13/h2-7,15H,13H2,1H3. The van der Waals surface area contributed by atoms with Crippen LogP contribution in [0.3, 0.4) is 0 Å². The third kappa shape index (κ3) is 2.46. The van der Waals surface area contributed by atoms with Crippen LogP contribution in [0.2, 0.25) is 5.02 Å². The summed E-state index contributed by atoms with van der Waals surface area (Å²) in [5.41, 5.74) is 7.38. The number of nitrogen functional groups attached to an aromatic ring is 1. The molecule has 0 amide bonds. The van der Waals surface area contributed by atoms with Crippen molar-refractivity contribution in [2.45, 2.75) is 13.0 Å². The van der Waals surface area contributed by atoms with Crippen molar-refractivity contribution in [3.05, 3.63) is 39.8 Å². The number of thiazole rings is 1. The van der Waals surface area contributed by atoms with Gasteiger partial charge in [0.25, 0.3) is 0 Å². The third-order valence-corrected chi connectivity index (χ3v) is 3.40. The van der Waals surface area contributed by atoms with Crippen LogP contribution in [0.5, 0.6) is 0 Å². The summed E-state index contributed by atoms with van der Waals surface area (Å²) >= 11 is 7.53. The lowest BCUT2D eigenvalue weighted by atomic mass is 10.2. The van der Waals surface area contributed by atoms with Crippen molar-refractivity contribution < 1.29 is 0 Å². The summed E-state index contributed by atoms with van der Waals surface area (Å²) in [6, 6.07) is 5.51. The van der Waals surface area contributed by atoms with E-state index in [0.717, 1.165) is 10.7 Å². The van der Waals surface area contributed by atoms with Crippen LogP contribution in [0, 0.1) is 0 Å². The number of halogens is 1. The lowest BCUT2D eigenvalue weighted by Gasteiger charge is -2.14. The predicted octanol–water partition coefficient (Wildman–Crippen LogP) is 3.55. The number of rotatable bonds is 3. The molecule has 2 rings (SSSR count). The smallest absolute Gasteiger partial charge is 0.115 e. The van der Waals surface area contributed by atoms with Gasteiger partial charge in [0.1, 0.15) is 5.01 Å². The zero-order valence-electron chi connectivity index (χ0n) is 8.77. The molecule has 3 nitrogen and oxygen atoms in total. The van der Waals surface area contributed by atoms with E-state index in [9.17, 15) is 0 Å². The number of hydrogen-bond donors (Lipinski definition) is 2. The average molecular weight is 254 g/mol. The minimum atomic E-state index is 0.126. The highest BCUT2D eigenvalue weighted by molar-refractivity contribution is 7.09. The predicted molar refractivity (Wildman–Crippen MR) is 70.0 cm³/mol. The molecule has 1 atom stereocenters. The molecule has 0 saturated heterocycles. The lowest BCUT2D eigenvalue weighted by Crippen LogP contribution is -2.07. The second-order valence-corrected chi connectivity index (χ2v) is 4.83. The molecule has 16 heavy (non-hydrogen) atoms. The van der Waals surface area contributed by atoms with Crippen LogP contribution in [0.1, 0.15) is 18.0 Å². The van der Waals surface area contributed by atoms with Crippen LogP contribution in [-0.2, 0) is 0 Å². The first-order chi connectivity index (χ1) is 7.66. The summed E-state index contributed by atoms with van der Waals surface area (Å²) in [7, 11) is 0. The fourth-order valence-corrected chi connectivity index (χ4v) is 2.21. The SMILES string of the molecule is CC(Nc1cc(Cl)ccc1N)c1nccs1. The molecule has 1 aromatic heterocycles. The Labute approximate surface area is 103 Å². The van der Waals surface area contributed by atoms with E-state index < -0.39 is 0 Å². The maximum absolute atomic E-state index is 5.92. The molecule has 0 radical (unpaired) electrons. The molecule has 1 heterocycles. The van der Waals surface area contributed by atoms with Crippen LogP contribution in [-0.4, -0.2) is 4.98 Å². The summed E-state index contributed by atoms with van der Waals surface area (Å²) in [4.78, 5) is 4.25. The van der Waals surface area contributed by atoms with Gasteiger partial charge in [0.2, 0.25) is 0 Å². The fourth-order valence-electron chi connectivity index (χ4n) is 1.40. The highest BCUT2D eigenvalue weighted by atomic mass is 35.5. The minimum absolute atomic E-state index is 0.126. The van der Waals surface area contributed by atoms with Crippen molar-refractivity contribution in [2.75, 3.05) is 11.1 Å². The molecule has 0 bridgehead atoms. The minimum Gasteiger partial charge on any atom is -0.397 e. The number of nitrogens with one attached hydrogen (secondary N) is 1. The number of benzene rings is 1. The molecule has 0 spiro atoms. The Morgan fingerprint density at radius 1 is 1.50 bits per heavy atom. The third-order valence-electron chi connectivity index (χ3n) is 2.21. The summed E-state index contributed by atoms with van der Waals surface area (Å²) in [5, 5.41) is 6.94. The first-order valence-electron chi connectivity index (χ1n) is 4.88. The van der Waals surface area contributed by atoms with Gasteiger partial charge in [-0.15, -0.1) is 11.3 Å². The molecule has 1 aromatic carbocycles. The summed E-state index contributed by atoms with van der Waals surface area (Å²) in [6.45, 7) is 2.04. The van der Waals surface area contributed by atoms with Crippen molar-refractivity contribution >= 4 is 34.3 Å². The van der Waals surface area contributed by atoms with Crippen molar-refractivity contribution in [1.82, 2.24) is 4.98 Å². The van der Waals surface area contributed by atoms with E-state index in [1.807, 2.05) is 18.4 Å². The molecule has 0 aliphatic rings. The normalized spacial score (nSPS) is 12.4. The second kappa shape index (κ2) is 4.72. The topological polar surface area (TPSA) is 50.9 Å². The van der Waals surface area contributed by atoms with Crippen LogP contribution in [0.4, 0.5) is 11.4 Å². The van der Waals surface area contributed by atoms with Crippen molar-refractivity contribution in [3.8, 4) is 0 Å². The van der Waals surface area contributed by atoms with E-state index in [2.05, 4.69) is 10.3 Å². The van der Waals surface area contributed by atoms with E-state index in [1.165, 1.54) is 0 Å². The van der Waals surface area contributed by atoms with Gasteiger partial charge in [-0.2, -0.15) is 0 Å². The van der Waals surface area contributed by atoms with Gasteiger partial charge in [0.05, 0.1) is 17.4 Å². The number of nitrogens with two attached hydrogens (primary N) is 1. The van der Waals surface area contributed by atoms with Gasteiger partial charge in [0.15, 0.2) is 0 Å². The maximum Gasteiger partial charge on any atom is 0.115 e. The summed E-state index contributed by atoms with van der Waals surface area (Å²) in [6.07, 6.45) is 1.79. The number of anilines is 2. The van der Waals surface area contributed by atoms with Gasteiger partial charge in [-0.05, 0) is 25.1 Å². The second-order valence-electron chi connectivity index (χ2n) is 3.47. The van der Waals surface area contributed by atoms with Gasteiger partial charge in [-0.1, -0.05) is 11.6 Å². The van der Waals surface area contributed by atoms with Crippen LogP contribution in [0.25, 0.3) is 0 Å². The average Bonchev–Trinajstić information content (AvgIpc) is 2.76. The monoisotopic (exact) mass is 253 g/mol. The Balaban J connectivity index is 2.17. The van der Waals surface area contributed by atoms with Crippen molar-refractivity contribution in [3.63, 3.8) is 0 Å². The van der Waals surface area contributed by atoms with Crippen LogP contribution < -0.4 is 11.1 Å². The van der Waals surface area contributed by atoms with Crippen LogP contribution in [0.15, 0.2) is 29.8 Å². The van der Waals surface area contributed by atoms with E-state index in [-0.39, 0.29) is 6.04 Å². The van der Waals surface area contributed by atoms with E-state index in [4.69, 9.17) is 17.3 Å². The maximum atomic E-state index is 5.92. The zero-order chi connectivity index (χ0) is 11.5. The van der Waals surface area contributed by atoms with Crippen molar-refractivity contribution in [1.29, 1.82) is 0 Å². The molecule has 1 unspecified atom stereocenters. The molecule has 0 fully saturated rings. The van der Waals surface area contributed by atoms with Gasteiger partial charge in [-0.25, -0.2) is 4.98 Å². The van der Waals surface area contributed by atoms with Gasteiger partial charge >= 0.3 is 0 Å².